The number of anilines is 1. The van der Waals surface area contributed by atoms with Crippen LogP contribution in [0.25, 0.3) is 10.1 Å². The van der Waals surface area contributed by atoms with Gasteiger partial charge in [0, 0.05) is 16.1 Å². The van der Waals surface area contributed by atoms with Gasteiger partial charge in [0.15, 0.2) is 5.17 Å². The van der Waals surface area contributed by atoms with Crippen molar-refractivity contribution in [2.45, 2.75) is 33.2 Å². The predicted octanol–water partition coefficient (Wildman–Crippen LogP) is 5.22. The van der Waals surface area contributed by atoms with Gasteiger partial charge in [0.2, 0.25) is 0 Å². The van der Waals surface area contributed by atoms with Crippen LogP contribution in [0.4, 0.5) is 5.69 Å². The maximum Gasteiger partial charge on any atom is 0.161 e. The van der Waals surface area contributed by atoms with E-state index in [1.165, 1.54) is 16.5 Å². The number of fused-ring (bicyclic) bond motifs is 1. The molecule has 1 aromatic carbocycles. The number of thiophene rings is 1. The Morgan fingerprint density at radius 1 is 1.25 bits per heavy atom. The van der Waals surface area contributed by atoms with E-state index in [1.54, 1.807) is 11.3 Å². The maximum atomic E-state index is 4.89. The third-order valence-electron chi connectivity index (χ3n) is 3.61. The van der Waals surface area contributed by atoms with Crippen molar-refractivity contribution in [1.29, 1.82) is 0 Å². The second-order valence-electron chi connectivity index (χ2n) is 6.25. The third kappa shape index (κ3) is 3.01. The van der Waals surface area contributed by atoms with E-state index in [2.05, 4.69) is 55.7 Å². The highest BCUT2D eigenvalue weighted by atomic mass is 32.2. The highest BCUT2D eigenvalue weighted by Gasteiger charge is 2.27. The Kier molecular flexibility index (Phi) is 3.78. The summed E-state index contributed by atoms with van der Waals surface area (Å²) in [6.07, 6.45) is 1.17. The molecule has 2 heterocycles. The van der Waals surface area contributed by atoms with Crippen LogP contribution >= 0.6 is 23.1 Å². The number of nitrogens with one attached hydrogen (secondary N) is 1. The second-order valence-corrected chi connectivity index (χ2v) is 8.28. The lowest BCUT2D eigenvalue weighted by atomic mass is 9.85. The minimum Gasteiger partial charge on any atom is -0.335 e. The number of aliphatic imine (C=N–C) groups is 1. The smallest absolute Gasteiger partial charge is 0.161 e. The molecule has 0 amide bonds. The summed E-state index contributed by atoms with van der Waals surface area (Å²) in [5.74, 6) is 1.15. The van der Waals surface area contributed by atoms with Crippen LogP contribution in [0.5, 0.6) is 0 Å². The van der Waals surface area contributed by atoms with Crippen LogP contribution < -0.4 is 5.32 Å². The molecule has 0 spiro atoms. The summed E-state index contributed by atoms with van der Waals surface area (Å²) in [6, 6.07) is 9.10. The first-order valence-corrected chi connectivity index (χ1v) is 8.84. The SMILES string of the molecule is CC(C)(C)C1CCSC(Nc2ccc3sccc3c2)=N1. The van der Waals surface area contributed by atoms with Crippen LogP contribution in [0.1, 0.15) is 27.2 Å². The van der Waals surface area contributed by atoms with Crippen molar-refractivity contribution in [2.75, 3.05) is 11.1 Å². The number of hydrogen-bond donors (Lipinski definition) is 1. The molecule has 1 atom stereocenters. The highest BCUT2D eigenvalue weighted by Crippen LogP contribution is 2.31. The summed E-state index contributed by atoms with van der Waals surface area (Å²) in [5, 5.41) is 7.98. The fourth-order valence-corrected chi connectivity index (χ4v) is 4.07. The Morgan fingerprint density at radius 2 is 2.10 bits per heavy atom. The van der Waals surface area contributed by atoms with Gasteiger partial charge in [0.25, 0.3) is 0 Å². The van der Waals surface area contributed by atoms with Crippen molar-refractivity contribution in [3.63, 3.8) is 0 Å². The Bertz CT molecular complexity index is 637. The molecule has 20 heavy (non-hydrogen) atoms. The van der Waals surface area contributed by atoms with Crippen LogP contribution in [0.2, 0.25) is 0 Å². The zero-order chi connectivity index (χ0) is 14.2. The summed E-state index contributed by atoms with van der Waals surface area (Å²) in [4.78, 5) is 4.89. The zero-order valence-corrected chi connectivity index (χ0v) is 13.8. The molecule has 106 valence electrons. The molecule has 1 N–H and O–H groups in total. The predicted molar refractivity (Wildman–Crippen MR) is 93.2 cm³/mol. The number of amidine groups is 1. The van der Waals surface area contributed by atoms with Gasteiger partial charge in [-0.15, -0.1) is 11.3 Å². The van der Waals surface area contributed by atoms with Crippen molar-refractivity contribution >= 4 is 44.0 Å². The summed E-state index contributed by atoms with van der Waals surface area (Å²) in [5.41, 5.74) is 1.38. The first-order valence-electron chi connectivity index (χ1n) is 6.97. The van der Waals surface area contributed by atoms with Gasteiger partial charge in [0.1, 0.15) is 0 Å². The number of benzene rings is 1. The topological polar surface area (TPSA) is 24.4 Å². The molecule has 0 radical (unpaired) electrons. The first kappa shape index (κ1) is 14.0. The lowest BCUT2D eigenvalue weighted by Gasteiger charge is -2.31. The highest BCUT2D eigenvalue weighted by molar-refractivity contribution is 8.14. The number of hydrogen-bond acceptors (Lipinski definition) is 4. The number of thioether (sulfide) groups is 1. The quantitative estimate of drug-likeness (QED) is 0.781. The molecule has 1 aliphatic rings. The van der Waals surface area contributed by atoms with Crippen molar-refractivity contribution < 1.29 is 0 Å². The van der Waals surface area contributed by atoms with Gasteiger partial charge >= 0.3 is 0 Å². The van der Waals surface area contributed by atoms with E-state index >= 15 is 0 Å². The molecule has 0 saturated carbocycles. The van der Waals surface area contributed by atoms with Gasteiger partial charge < -0.3 is 5.32 Å². The number of rotatable bonds is 1. The third-order valence-corrected chi connectivity index (χ3v) is 5.43. The summed E-state index contributed by atoms with van der Waals surface area (Å²) < 4.78 is 1.33. The van der Waals surface area contributed by atoms with E-state index in [0.717, 1.165) is 16.6 Å². The lowest BCUT2D eigenvalue weighted by molar-refractivity contribution is 0.316. The fourth-order valence-electron chi connectivity index (χ4n) is 2.37. The monoisotopic (exact) mass is 304 g/mol. The van der Waals surface area contributed by atoms with Crippen LogP contribution in [-0.2, 0) is 0 Å². The fraction of sp³-hybridized carbons (Fsp3) is 0.438. The number of nitrogens with zero attached hydrogens (tertiary/aromatic N) is 1. The first-order chi connectivity index (χ1) is 9.52. The van der Waals surface area contributed by atoms with E-state index in [4.69, 9.17) is 4.99 Å². The normalized spacial score (nSPS) is 19.9. The molecule has 0 saturated heterocycles. The zero-order valence-electron chi connectivity index (χ0n) is 12.1. The Hall–Kier alpha value is -1.00. The lowest BCUT2D eigenvalue weighted by Crippen LogP contribution is -2.30. The van der Waals surface area contributed by atoms with E-state index in [0.29, 0.717) is 6.04 Å². The molecular weight excluding hydrogens is 284 g/mol. The Balaban J connectivity index is 1.81. The van der Waals surface area contributed by atoms with Gasteiger partial charge in [0.05, 0.1) is 6.04 Å². The average molecular weight is 304 g/mol. The van der Waals surface area contributed by atoms with Gasteiger partial charge in [-0.05, 0) is 46.9 Å². The van der Waals surface area contributed by atoms with Gasteiger partial charge in [-0.2, -0.15) is 0 Å². The van der Waals surface area contributed by atoms with Gasteiger partial charge in [-0.3, -0.25) is 4.99 Å². The van der Waals surface area contributed by atoms with E-state index in [9.17, 15) is 0 Å². The van der Waals surface area contributed by atoms with Crippen LogP contribution in [0.15, 0.2) is 34.6 Å². The minimum atomic E-state index is 0.241. The van der Waals surface area contributed by atoms with Crippen molar-refractivity contribution in [3.8, 4) is 0 Å². The molecule has 3 rings (SSSR count). The van der Waals surface area contributed by atoms with E-state index in [1.807, 2.05) is 11.8 Å². The van der Waals surface area contributed by atoms with Crippen LogP contribution in [0, 0.1) is 5.41 Å². The van der Waals surface area contributed by atoms with Gasteiger partial charge in [-0.25, -0.2) is 0 Å². The molecule has 2 aromatic rings. The molecule has 0 fully saturated rings. The van der Waals surface area contributed by atoms with Crippen molar-refractivity contribution in [2.24, 2.45) is 10.4 Å². The van der Waals surface area contributed by atoms with Crippen LogP contribution in [0.3, 0.4) is 0 Å². The largest absolute Gasteiger partial charge is 0.335 e. The molecule has 0 bridgehead atoms. The van der Waals surface area contributed by atoms with Crippen LogP contribution in [-0.4, -0.2) is 17.0 Å². The molecule has 1 unspecified atom stereocenters. The molecule has 2 nitrogen and oxygen atoms in total. The Labute approximate surface area is 128 Å². The molecular formula is C16H20N2S2. The molecule has 4 heteroatoms. The molecule has 0 aliphatic carbocycles. The van der Waals surface area contributed by atoms with E-state index in [-0.39, 0.29) is 5.41 Å². The average Bonchev–Trinajstić information content (AvgIpc) is 2.85. The van der Waals surface area contributed by atoms with E-state index < -0.39 is 0 Å². The molecule has 1 aliphatic heterocycles. The minimum absolute atomic E-state index is 0.241. The summed E-state index contributed by atoms with van der Waals surface area (Å²) in [6.45, 7) is 6.81. The summed E-state index contributed by atoms with van der Waals surface area (Å²) in [7, 11) is 0. The van der Waals surface area contributed by atoms with Gasteiger partial charge in [-0.1, -0.05) is 32.5 Å². The second kappa shape index (κ2) is 5.41. The van der Waals surface area contributed by atoms with Crippen molar-refractivity contribution in [3.05, 3.63) is 29.6 Å². The Morgan fingerprint density at radius 3 is 2.90 bits per heavy atom. The maximum absolute atomic E-state index is 4.89. The summed E-state index contributed by atoms with van der Waals surface area (Å²) >= 11 is 3.61. The molecule has 1 aromatic heterocycles. The van der Waals surface area contributed by atoms with Crippen molar-refractivity contribution in [1.82, 2.24) is 0 Å². The standard InChI is InChI=1S/C16H20N2S2/c1-16(2,3)14-7-9-20-15(18-14)17-12-4-5-13-11(10-12)6-8-19-13/h4-6,8,10,14H,7,9H2,1-3H3,(H,17,18).